The summed E-state index contributed by atoms with van der Waals surface area (Å²) in [5, 5.41) is 19.3. The second-order valence-electron chi connectivity index (χ2n) is 6.34. The van der Waals surface area contributed by atoms with Crippen molar-refractivity contribution in [3.8, 4) is 0 Å². The van der Waals surface area contributed by atoms with E-state index in [-0.39, 0.29) is 23.9 Å². The third-order valence-electron chi connectivity index (χ3n) is 4.26. The van der Waals surface area contributed by atoms with Gasteiger partial charge in [0.2, 0.25) is 9.84 Å². The molecular weight excluding hydrogens is 399 g/mol. The summed E-state index contributed by atoms with van der Waals surface area (Å²) >= 11 is 0. The summed E-state index contributed by atoms with van der Waals surface area (Å²) < 4.78 is 40.9. The van der Waals surface area contributed by atoms with Crippen LogP contribution in [-0.2, 0) is 16.4 Å². The number of anilines is 2. The van der Waals surface area contributed by atoms with Gasteiger partial charge in [-0.1, -0.05) is 0 Å². The van der Waals surface area contributed by atoms with Crippen LogP contribution in [0.25, 0.3) is 11.0 Å². The van der Waals surface area contributed by atoms with Gasteiger partial charge in [0.25, 0.3) is 5.16 Å². The number of halogens is 1. The molecule has 0 aliphatic carbocycles. The third kappa shape index (κ3) is 3.57. The molecule has 4 rings (SSSR count). The molecule has 9 nitrogen and oxygen atoms in total. The van der Waals surface area contributed by atoms with Crippen LogP contribution in [0.15, 0.2) is 52.6 Å². The largest absolute Gasteiger partial charge is 0.395 e. The topological polar surface area (TPSA) is 126 Å². The van der Waals surface area contributed by atoms with Gasteiger partial charge in [-0.05, 0) is 37.3 Å². The molecule has 150 valence electrons. The van der Waals surface area contributed by atoms with Gasteiger partial charge in [0.1, 0.15) is 17.3 Å². The highest BCUT2D eigenvalue weighted by atomic mass is 32.2. The number of aryl methyl sites for hydroxylation is 1. The van der Waals surface area contributed by atoms with Crippen molar-refractivity contribution in [1.82, 2.24) is 24.7 Å². The van der Waals surface area contributed by atoms with E-state index in [1.165, 1.54) is 0 Å². The Morgan fingerprint density at radius 2 is 1.97 bits per heavy atom. The summed E-state index contributed by atoms with van der Waals surface area (Å²) in [5.74, 6) is 0.162. The summed E-state index contributed by atoms with van der Waals surface area (Å²) in [6.45, 7) is 1.92. The molecule has 11 heteroatoms. The molecule has 3 heterocycles. The van der Waals surface area contributed by atoms with Gasteiger partial charge in [-0.3, -0.25) is 5.10 Å². The Hall–Kier alpha value is -3.31. The Morgan fingerprint density at radius 1 is 1.21 bits per heavy atom. The van der Waals surface area contributed by atoms with Crippen LogP contribution in [0.3, 0.4) is 0 Å². The first kappa shape index (κ1) is 19.0. The fourth-order valence-electron chi connectivity index (χ4n) is 2.87. The number of nitrogens with one attached hydrogen (secondary N) is 2. The summed E-state index contributed by atoms with van der Waals surface area (Å²) in [6.07, 6.45) is 1.69. The normalized spacial score (nSPS) is 11.8. The number of sulfone groups is 1. The molecule has 0 aliphatic rings. The predicted octanol–water partition coefficient (Wildman–Crippen LogP) is 2.17. The van der Waals surface area contributed by atoms with Crippen LogP contribution < -0.4 is 5.32 Å². The SMILES string of the molecule is Cc1cc(Nc2nc(S(=O)(=O)c3ccc(F)cc3)nc3c2ccn3CCO)n[nH]1. The molecule has 1 aromatic carbocycles. The lowest BCUT2D eigenvalue weighted by atomic mass is 10.3. The van der Waals surface area contributed by atoms with E-state index in [1.807, 2.05) is 6.92 Å². The van der Waals surface area contributed by atoms with Crippen LogP contribution in [0.5, 0.6) is 0 Å². The van der Waals surface area contributed by atoms with Gasteiger partial charge >= 0.3 is 0 Å². The van der Waals surface area contributed by atoms with Gasteiger partial charge in [0.05, 0.1) is 16.9 Å². The summed E-state index contributed by atoms with van der Waals surface area (Å²) in [7, 11) is -4.10. The van der Waals surface area contributed by atoms with Crippen LogP contribution in [0.2, 0.25) is 0 Å². The van der Waals surface area contributed by atoms with Crippen LogP contribution in [0.4, 0.5) is 16.0 Å². The molecule has 0 spiro atoms. The summed E-state index contributed by atoms with van der Waals surface area (Å²) in [6, 6.07) is 7.91. The molecule has 0 amide bonds. The van der Waals surface area contributed by atoms with Gasteiger partial charge in [0, 0.05) is 24.5 Å². The number of aromatic nitrogens is 5. The maximum atomic E-state index is 13.2. The standard InChI is InChI=1S/C18H17FN6O3S/c1-11-10-15(24-23-11)20-16-14-6-7-25(8-9-26)17(14)22-18(21-16)29(27,28)13-4-2-12(19)3-5-13/h2-7,10,26H,8-9H2,1H3,(H2,20,21,22,23,24). The van der Waals surface area contributed by atoms with Crippen molar-refractivity contribution in [1.29, 1.82) is 0 Å². The van der Waals surface area contributed by atoms with E-state index in [4.69, 9.17) is 0 Å². The van der Waals surface area contributed by atoms with E-state index in [0.717, 1.165) is 30.0 Å². The highest BCUT2D eigenvalue weighted by Gasteiger charge is 2.24. The zero-order valence-electron chi connectivity index (χ0n) is 15.3. The molecule has 0 aliphatic heterocycles. The fraction of sp³-hybridized carbons (Fsp3) is 0.167. The number of hydrogen-bond donors (Lipinski definition) is 3. The lowest BCUT2D eigenvalue weighted by Gasteiger charge is -2.10. The Balaban J connectivity index is 1.89. The number of nitrogens with zero attached hydrogens (tertiary/aromatic N) is 4. The van der Waals surface area contributed by atoms with Crippen LogP contribution in [0, 0.1) is 12.7 Å². The van der Waals surface area contributed by atoms with Crippen molar-refractivity contribution in [3.05, 3.63) is 54.1 Å². The monoisotopic (exact) mass is 416 g/mol. The lowest BCUT2D eigenvalue weighted by Crippen LogP contribution is -2.11. The number of benzene rings is 1. The average molecular weight is 416 g/mol. The van der Waals surface area contributed by atoms with Crippen molar-refractivity contribution in [2.24, 2.45) is 0 Å². The van der Waals surface area contributed by atoms with Gasteiger partial charge in [-0.15, -0.1) is 0 Å². The maximum absolute atomic E-state index is 13.2. The first-order valence-corrected chi connectivity index (χ1v) is 10.1. The third-order valence-corrected chi connectivity index (χ3v) is 5.81. The number of aliphatic hydroxyl groups excluding tert-OH is 1. The average Bonchev–Trinajstić information content (AvgIpc) is 3.29. The van der Waals surface area contributed by atoms with Crippen molar-refractivity contribution in [2.75, 3.05) is 11.9 Å². The van der Waals surface area contributed by atoms with Crippen molar-refractivity contribution < 1.29 is 17.9 Å². The first-order chi connectivity index (χ1) is 13.9. The highest BCUT2D eigenvalue weighted by molar-refractivity contribution is 7.91. The molecule has 0 radical (unpaired) electrons. The molecular formula is C18H17FN6O3S. The smallest absolute Gasteiger partial charge is 0.256 e. The zero-order valence-corrected chi connectivity index (χ0v) is 16.1. The van der Waals surface area contributed by atoms with E-state index in [1.54, 1.807) is 22.9 Å². The number of rotatable bonds is 6. The van der Waals surface area contributed by atoms with E-state index in [9.17, 15) is 17.9 Å². The molecule has 0 bridgehead atoms. The van der Waals surface area contributed by atoms with E-state index >= 15 is 0 Å². The first-order valence-electron chi connectivity index (χ1n) is 8.66. The van der Waals surface area contributed by atoms with E-state index in [2.05, 4.69) is 25.5 Å². The van der Waals surface area contributed by atoms with Crippen LogP contribution >= 0.6 is 0 Å². The van der Waals surface area contributed by atoms with Crippen LogP contribution in [-0.4, -0.2) is 44.9 Å². The van der Waals surface area contributed by atoms with Crippen molar-refractivity contribution >= 4 is 32.5 Å². The molecule has 3 N–H and O–H groups in total. The fourth-order valence-corrected chi connectivity index (χ4v) is 3.99. The Kier molecular flexibility index (Phi) is 4.76. The number of aromatic amines is 1. The minimum atomic E-state index is -4.10. The molecule has 0 fully saturated rings. The summed E-state index contributed by atoms with van der Waals surface area (Å²) in [4.78, 5) is 8.31. The Labute approximate surface area is 165 Å². The Morgan fingerprint density at radius 3 is 2.62 bits per heavy atom. The second-order valence-corrected chi connectivity index (χ2v) is 8.19. The zero-order chi connectivity index (χ0) is 20.6. The number of aliphatic hydroxyl groups is 1. The number of hydrogen-bond acceptors (Lipinski definition) is 7. The highest BCUT2D eigenvalue weighted by Crippen LogP contribution is 2.28. The maximum Gasteiger partial charge on any atom is 0.256 e. The predicted molar refractivity (Wildman–Crippen MR) is 103 cm³/mol. The van der Waals surface area contributed by atoms with Gasteiger partial charge in [0.15, 0.2) is 5.82 Å². The van der Waals surface area contributed by atoms with E-state index < -0.39 is 20.8 Å². The minimum absolute atomic E-state index is 0.125. The number of fused-ring (bicyclic) bond motifs is 1. The van der Waals surface area contributed by atoms with Gasteiger partial charge < -0.3 is 15.0 Å². The molecule has 0 atom stereocenters. The molecule has 29 heavy (non-hydrogen) atoms. The van der Waals surface area contributed by atoms with Gasteiger partial charge in [-0.25, -0.2) is 12.8 Å². The van der Waals surface area contributed by atoms with Crippen LogP contribution in [0.1, 0.15) is 5.69 Å². The molecule has 0 saturated carbocycles. The molecule has 0 unspecified atom stereocenters. The minimum Gasteiger partial charge on any atom is -0.395 e. The lowest BCUT2D eigenvalue weighted by molar-refractivity contribution is 0.278. The van der Waals surface area contributed by atoms with Gasteiger partial charge in [-0.2, -0.15) is 15.1 Å². The molecule has 3 aromatic heterocycles. The second kappa shape index (κ2) is 7.26. The summed E-state index contributed by atoms with van der Waals surface area (Å²) in [5.41, 5.74) is 1.15. The number of H-pyrrole nitrogens is 1. The van der Waals surface area contributed by atoms with E-state index in [0.29, 0.717) is 16.9 Å². The quantitative estimate of drug-likeness (QED) is 0.325. The van der Waals surface area contributed by atoms with Crippen molar-refractivity contribution in [3.63, 3.8) is 0 Å². The molecule has 4 aromatic rings. The van der Waals surface area contributed by atoms with Crippen molar-refractivity contribution in [2.45, 2.75) is 23.5 Å². The molecule has 0 saturated heterocycles. The Bertz CT molecular complexity index is 1280.